The van der Waals surface area contributed by atoms with Crippen LogP contribution in [0.2, 0.25) is 0 Å². The van der Waals surface area contributed by atoms with Crippen molar-refractivity contribution in [3.05, 3.63) is 41.5 Å². The van der Waals surface area contributed by atoms with Gasteiger partial charge in [-0.15, -0.1) is 0 Å². The molecule has 2 atom stereocenters. The molecule has 1 aromatic carbocycles. The molecule has 6 nitrogen and oxygen atoms in total. The smallest absolute Gasteiger partial charge is 0.338 e. The Bertz CT molecular complexity index is 729. The molecule has 2 amide bonds. The highest BCUT2D eigenvalue weighted by molar-refractivity contribution is 6.30. The third kappa shape index (κ3) is 3.35. The van der Waals surface area contributed by atoms with Gasteiger partial charge in [0.2, 0.25) is 0 Å². The lowest BCUT2D eigenvalue weighted by atomic mass is 9.89. The fraction of sp³-hybridized carbons (Fsp3) is 0.421. The van der Waals surface area contributed by atoms with Crippen LogP contribution in [0.1, 0.15) is 37.6 Å². The SMILES string of the molecule is CC1=CC(=O)N(c2ccc(C(=O)OCCC3C(C)OC3C)cc2)C1=O. The second-order valence-corrected chi connectivity index (χ2v) is 6.49. The summed E-state index contributed by atoms with van der Waals surface area (Å²) in [7, 11) is 0. The summed E-state index contributed by atoms with van der Waals surface area (Å²) in [6.45, 7) is 5.97. The lowest BCUT2D eigenvalue weighted by Gasteiger charge is -2.41. The van der Waals surface area contributed by atoms with E-state index >= 15 is 0 Å². The molecule has 132 valence electrons. The van der Waals surface area contributed by atoms with Gasteiger partial charge in [-0.05, 0) is 51.5 Å². The van der Waals surface area contributed by atoms with Crippen molar-refractivity contribution >= 4 is 23.5 Å². The molecule has 0 spiro atoms. The molecule has 25 heavy (non-hydrogen) atoms. The fourth-order valence-corrected chi connectivity index (χ4v) is 3.25. The summed E-state index contributed by atoms with van der Waals surface area (Å²) in [5.74, 6) is -0.714. The van der Waals surface area contributed by atoms with E-state index in [9.17, 15) is 14.4 Å². The zero-order valence-corrected chi connectivity index (χ0v) is 14.5. The van der Waals surface area contributed by atoms with Gasteiger partial charge in [-0.2, -0.15) is 0 Å². The number of carbonyl (C=O) groups is 3. The van der Waals surface area contributed by atoms with E-state index in [1.165, 1.54) is 6.08 Å². The van der Waals surface area contributed by atoms with Gasteiger partial charge in [-0.1, -0.05) is 0 Å². The van der Waals surface area contributed by atoms with Gasteiger partial charge >= 0.3 is 5.97 Å². The number of ether oxygens (including phenoxy) is 2. The summed E-state index contributed by atoms with van der Waals surface area (Å²) in [5, 5.41) is 0. The Morgan fingerprint density at radius 1 is 1.16 bits per heavy atom. The van der Waals surface area contributed by atoms with Gasteiger partial charge in [0.15, 0.2) is 0 Å². The summed E-state index contributed by atoms with van der Waals surface area (Å²) >= 11 is 0. The van der Waals surface area contributed by atoms with Crippen LogP contribution < -0.4 is 4.90 Å². The second kappa shape index (κ2) is 6.80. The van der Waals surface area contributed by atoms with Crippen LogP contribution in [0.5, 0.6) is 0 Å². The van der Waals surface area contributed by atoms with Gasteiger partial charge < -0.3 is 9.47 Å². The molecule has 2 aliphatic rings. The average molecular weight is 343 g/mol. The van der Waals surface area contributed by atoms with Crippen molar-refractivity contribution in [3.63, 3.8) is 0 Å². The molecule has 0 aromatic heterocycles. The van der Waals surface area contributed by atoms with Crippen molar-refractivity contribution in [2.45, 2.75) is 39.4 Å². The Labute approximate surface area is 146 Å². The van der Waals surface area contributed by atoms with E-state index < -0.39 is 5.97 Å². The van der Waals surface area contributed by atoms with E-state index in [0.29, 0.717) is 29.3 Å². The summed E-state index contributed by atoms with van der Waals surface area (Å²) < 4.78 is 10.8. The van der Waals surface area contributed by atoms with E-state index in [2.05, 4.69) is 0 Å². The highest BCUT2D eigenvalue weighted by Gasteiger charge is 2.35. The molecule has 0 saturated carbocycles. The molecule has 2 unspecified atom stereocenters. The first-order chi connectivity index (χ1) is 11.9. The molecule has 1 aromatic rings. The Kier molecular flexibility index (Phi) is 4.72. The Morgan fingerprint density at radius 2 is 1.80 bits per heavy atom. The first kappa shape index (κ1) is 17.4. The molecule has 1 saturated heterocycles. The standard InChI is InChI=1S/C19H21NO5/c1-11-10-17(21)20(18(11)22)15-6-4-14(5-7-15)19(23)24-9-8-16-12(2)25-13(16)3/h4-7,10,12-13,16H,8-9H2,1-3H3. The molecular weight excluding hydrogens is 322 g/mol. The third-order valence-electron chi connectivity index (χ3n) is 4.78. The minimum atomic E-state index is -0.416. The summed E-state index contributed by atoms with van der Waals surface area (Å²) in [6, 6.07) is 6.26. The number of benzene rings is 1. The number of rotatable bonds is 5. The van der Waals surface area contributed by atoms with Crippen molar-refractivity contribution < 1.29 is 23.9 Å². The van der Waals surface area contributed by atoms with Gasteiger partial charge in [-0.3, -0.25) is 9.59 Å². The quantitative estimate of drug-likeness (QED) is 0.607. The zero-order valence-electron chi connectivity index (χ0n) is 14.5. The lowest BCUT2D eigenvalue weighted by molar-refractivity contribution is -0.170. The van der Waals surface area contributed by atoms with Gasteiger partial charge in [0, 0.05) is 17.6 Å². The highest BCUT2D eigenvalue weighted by Crippen LogP contribution is 2.30. The molecule has 0 N–H and O–H groups in total. The van der Waals surface area contributed by atoms with E-state index in [1.54, 1.807) is 31.2 Å². The fourth-order valence-electron chi connectivity index (χ4n) is 3.25. The largest absolute Gasteiger partial charge is 0.462 e. The van der Waals surface area contributed by atoms with Gasteiger partial charge in [-0.25, -0.2) is 9.69 Å². The topological polar surface area (TPSA) is 72.9 Å². The van der Waals surface area contributed by atoms with Crippen molar-refractivity contribution in [1.29, 1.82) is 0 Å². The second-order valence-electron chi connectivity index (χ2n) is 6.49. The van der Waals surface area contributed by atoms with Crippen molar-refractivity contribution in [3.8, 4) is 0 Å². The molecule has 0 aliphatic carbocycles. The molecule has 3 rings (SSSR count). The monoisotopic (exact) mass is 343 g/mol. The van der Waals surface area contributed by atoms with Gasteiger partial charge in [0.05, 0.1) is 30.1 Å². The first-order valence-electron chi connectivity index (χ1n) is 8.38. The van der Waals surface area contributed by atoms with Crippen LogP contribution in [-0.2, 0) is 19.1 Å². The predicted octanol–water partition coefficient (Wildman–Crippen LogP) is 2.48. The number of amides is 2. The Hall–Kier alpha value is -2.47. The van der Waals surface area contributed by atoms with Crippen LogP contribution in [0, 0.1) is 5.92 Å². The zero-order chi connectivity index (χ0) is 18.1. The number of carbonyl (C=O) groups excluding carboxylic acids is 3. The predicted molar refractivity (Wildman–Crippen MR) is 91.1 cm³/mol. The normalized spacial score (nSPS) is 25.6. The van der Waals surface area contributed by atoms with Crippen LogP contribution >= 0.6 is 0 Å². The first-order valence-corrected chi connectivity index (χ1v) is 8.38. The summed E-state index contributed by atoms with van der Waals surface area (Å²) in [4.78, 5) is 37.0. The number of anilines is 1. The molecule has 6 heteroatoms. The Morgan fingerprint density at radius 3 is 2.32 bits per heavy atom. The van der Waals surface area contributed by atoms with Gasteiger partial charge in [0.1, 0.15) is 0 Å². The van der Waals surface area contributed by atoms with E-state index in [0.717, 1.165) is 11.3 Å². The van der Waals surface area contributed by atoms with E-state index in [-0.39, 0.29) is 24.0 Å². The lowest BCUT2D eigenvalue weighted by Crippen LogP contribution is -2.45. The maximum atomic E-state index is 12.1. The molecule has 2 heterocycles. The average Bonchev–Trinajstić information content (AvgIpc) is 2.84. The minimum Gasteiger partial charge on any atom is -0.462 e. The third-order valence-corrected chi connectivity index (χ3v) is 4.78. The molecule has 0 radical (unpaired) electrons. The molecule has 2 aliphatic heterocycles. The molecule has 0 bridgehead atoms. The van der Waals surface area contributed by atoms with Crippen molar-refractivity contribution in [2.75, 3.05) is 11.5 Å². The number of imide groups is 1. The number of nitrogens with zero attached hydrogens (tertiary/aromatic N) is 1. The summed E-state index contributed by atoms with van der Waals surface area (Å²) in [5.41, 5.74) is 1.23. The van der Waals surface area contributed by atoms with Crippen LogP contribution in [0.25, 0.3) is 0 Å². The maximum Gasteiger partial charge on any atom is 0.338 e. The van der Waals surface area contributed by atoms with Crippen LogP contribution in [0.15, 0.2) is 35.9 Å². The molecule has 1 fully saturated rings. The van der Waals surface area contributed by atoms with Crippen LogP contribution in [0.3, 0.4) is 0 Å². The maximum absolute atomic E-state index is 12.1. The Balaban J connectivity index is 1.56. The van der Waals surface area contributed by atoms with Crippen molar-refractivity contribution in [1.82, 2.24) is 0 Å². The highest BCUT2D eigenvalue weighted by atomic mass is 16.5. The minimum absolute atomic E-state index is 0.209. The van der Waals surface area contributed by atoms with Crippen LogP contribution in [0.4, 0.5) is 5.69 Å². The summed E-state index contributed by atoms with van der Waals surface area (Å²) in [6.07, 6.45) is 2.49. The van der Waals surface area contributed by atoms with Crippen LogP contribution in [-0.4, -0.2) is 36.6 Å². The van der Waals surface area contributed by atoms with E-state index in [4.69, 9.17) is 9.47 Å². The molecular formula is C19H21NO5. The van der Waals surface area contributed by atoms with Crippen molar-refractivity contribution in [2.24, 2.45) is 5.92 Å². The van der Waals surface area contributed by atoms with Gasteiger partial charge in [0.25, 0.3) is 11.8 Å². The van der Waals surface area contributed by atoms with E-state index in [1.807, 2.05) is 13.8 Å². The number of hydrogen-bond donors (Lipinski definition) is 0. The number of hydrogen-bond acceptors (Lipinski definition) is 5. The number of esters is 1.